The summed E-state index contributed by atoms with van der Waals surface area (Å²) in [5, 5.41) is 10.4. The van der Waals surface area contributed by atoms with Gasteiger partial charge in [-0.2, -0.15) is 0 Å². The van der Waals surface area contributed by atoms with E-state index in [1.165, 1.54) is 16.2 Å². The number of carboxylic acid groups (broad SMARTS) is 1. The van der Waals surface area contributed by atoms with Gasteiger partial charge in [0.1, 0.15) is 6.10 Å². The van der Waals surface area contributed by atoms with Gasteiger partial charge in [-0.05, 0) is 54.4 Å². The molecule has 3 heterocycles. The van der Waals surface area contributed by atoms with E-state index in [1.807, 2.05) is 23.6 Å². The third kappa shape index (κ3) is 5.87. The number of pyridine rings is 1. The van der Waals surface area contributed by atoms with Crippen LogP contribution in [0.3, 0.4) is 0 Å². The maximum absolute atomic E-state index is 13.5. The summed E-state index contributed by atoms with van der Waals surface area (Å²) in [6.45, 7) is 12.5. The van der Waals surface area contributed by atoms with E-state index < -0.39 is 6.16 Å². The minimum Gasteiger partial charge on any atom is -0.484 e. The quantitative estimate of drug-likeness (QED) is 0.621. The normalized spacial score (nSPS) is 18.3. The van der Waals surface area contributed by atoms with Crippen molar-refractivity contribution >= 4 is 6.16 Å². The van der Waals surface area contributed by atoms with E-state index in [-0.39, 0.29) is 23.0 Å². The fourth-order valence-electron chi connectivity index (χ4n) is 5.41. The van der Waals surface area contributed by atoms with Gasteiger partial charge in [-0.25, -0.2) is 4.79 Å². The highest BCUT2D eigenvalue weighted by molar-refractivity contribution is 5.56. The molecule has 0 bridgehead atoms. The van der Waals surface area contributed by atoms with E-state index in [0.29, 0.717) is 31.9 Å². The van der Waals surface area contributed by atoms with Crippen molar-refractivity contribution in [2.24, 2.45) is 11.3 Å². The summed E-state index contributed by atoms with van der Waals surface area (Å²) < 4.78 is 8.28. The second kappa shape index (κ2) is 10.4. The van der Waals surface area contributed by atoms with Crippen LogP contribution in [0.4, 0.5) is 4.79 Å². The van der Waals surface area contributed by atoms with Crippen molar-refractivity contribution in [3.05, 3.63) is 63.6 Å². The summed E-state index contributed by atoms with van der Waals surface area (Å²) >= 11 is 0. The molecule has 2 aliphatic rings. The number of ether oxygens (including phenoxy) is 1. The molecule has 35 heavy (non-hydrogen) atoms. The molecule has 1 fully saturated rings. The molecule has 1 atom stereocenters. The summed E-state index contributed by atoms with van der Waals surface area (Å²) in [5.74, 6) is 0.574. The van der Waals surface area contributed by atoms with Gasteiger partial charge in [0.05, 0.1) is 0 Å². The fraction of sp³-hybridized carbons (Fsp3) is 0.556. The predicted octanol–water partition coefficient (Wildman–Crippen LogP) is 4.50. The fourth-order valence-corrected chi connectivity index (χ4v) is 5.41. The summed E-state index contributed by atoms with van der Waals surface area (Å²) in [6, 6.07) is 12.3. The molecular formula is C27H37N3O5. The highest BCUT2D eigenvalue weighted by atomic mass is 16.8. The second-order valence-electron chi connectivity index (χ2n) is 10.7. The number of fused-ring (bicyclic) bond motifs is 1. The van der Waals surface area contributed by atoms with Crippen LogP contribution in [0.25, 0.3) is 0 Å². The van der Waals surface area contributed by atoms with Crippen molar-refractivity contribution in [2.75, 3.05) is 13.1 Å². The van der Waals surface area contributed by atoms with Gasteiger partial charge >= 0.3 is 6.16 Å². The first-order valence-corrected chi connectivity index (χ1v) is 12.5. The van der Waals surface area contributed by atoms with Gasteiger partial charge in [-0.15, -0.1) is 5.06 Å². The van der Waals surface area contributed by atoms with E-state index in [4.69, 9.17) is 14.7 Å². The molecule has 1 unspecified atom stereocenters. The average molecular weight is 484 g/mol. The standard InChI is InChI=1S/C27H37N3O5/c1-5-30-22(18-28-16-20-8-6-7-9-21(20)17-28)10-11-23(25(30)31)34-24(27(2,3)4)19-12-14-29(15-13-19)35-26(32)33/h6-11,19,24H,5,12-18H2,1-4H3,(H,32,33). The molecule has 190 valence electrons. The number of aromatic nitrogens is 1. The smallest absolute Gasteiger partial charge is 0.484 e. The Hall–Kier alpha value is -2.84. The first-order valence-electron chi connectivity index (χ1n) is 12.5. The minimum absolute atomic E-state index is 0.0948. The zero-order chi connectivity index (χ0) is 25.2. The van der Waals surface area contributed by atoms with E-state index in [2.05, 4.69) is 49.9 Å². The number of rotatable bonds is 7. The Bertz CT molecular complexity index is 1070. The molecule has 0 radical (unpaired) electrons. The van der Waals surface area contributed by atoms with Gasteiger partial charge in [0.25, 0.3) is 5.56 Å². The lowest BCUT2D eigenvalue weighted by atomic mass is 9.77. The van der Waals surface area contributed by atoms with Gasteiger partial charge in [-0.1, -0.05) is 45.0 Å². The van der Waals surface area contributed by atoms with Crippen molar-refractivity contribution in [1.29, 1.82) is 0 Å². The molecule has 0 amide bonds. The summed E-state index contributed by atoms with van der Waals surface area (Å²) in [6.07, 6.45) is 0.0202. The number of piperidine rings is 1. The zero-order valence-electron chi connectivity index (χ0n) is 21.2. The van der Waals surface area contributed by atoms with E-state index in [9.17, 15) is 9.59 Å². The molecule has 1 N–H and O–H groups in total. The Balaban J connectivity index is 1.48. The maximum Gasteiger partial charge on any atom is 0.525 e. The number of carbonyl (C=O) groups is 1. The van der Waals surface area contributed by atoms with Gasteiger partial charge in [0, 0.05) is 45.0 Å². The number of hydrogen-bond donors (Lipinski definition) is 1. The van der Waals surface area contributed by atoms with Gasteiger partial charge in [0.2, 0.25) is 0 Å². The number of hydrogen-bond acceptors (Lipinski definition) is 6. The van der Waals surface area contributed by atoms with Crippen LogP contribution < -0.4 is 10.3 Å². The minimum atomic E-state index is -1.29. The summed E-state index contributed by atoms with van der Waals surface area (Å²) in [4.78, 5) is 31.5. The molecule has 8 nitrogen and oxygen atoms in total. The third-order valence-electron chi connectivity index (χ3n) is 7.08. The number of benzene rings is 1. The summed E-state index contributed by atoms with van der Waals surface area (Å²) in [7, 11) is 0. The molecule has 1 aromatic carbocycles. The largest absolute Gasteiger partial charge is 0.525 e. The molecule has 0 aliphatic carbocycles. The van der Waals surface area contributed by atoms with Crippen LogP contribution in [0, 0.1) is 11.3 Å². The highest BCUT2D eigenvalue weighted by Crippen LogP contribution is 2.35. The lowest BCUT2D eigenvalue weighted by Crippen LogP contribution is -2.46. The topological polar surface area (TPSA) is 84.2 Å². The highest BCUT2D eigenvalue weighted by Gasteiger charge is 2.37. The first kappa shape index (κ1) is 25.3. The molecule has 4 rings (SSSR count). The van der Waals surface area contributed by atoms with Crippen LogP contribution in [0.5, 0.6) is 5.75 Å². The van der Waals surface area contributed by atoms with Crippen LogP contribution >= 0.6 is 0 Å². The third-order valence-corrected chi connectivity index (χ3v) is 7.08. The Kier molecular flexibility index (Phi) is 7.52. The van der Waals surface area contributed by atoms with Gasteiger partial charge in [-0.3, -0.25) is 9.69 Å². The summed E-state index contributed by atoms with van der Waals surface area (Å²) in [5.41, 5.74) is 3.41. The molecule has 1 aromatic heterocycles. The predicted molar refractivity (Wildman–Crippen MR) is 133 cm³/mol. The van der Waals surface area contributed by atoms with E-state index in [1.54, 1.807) is 0 Å². The molecule has 2 aromatic rings. The van der Waals surface area contributed by atoms with Gasteiger partial charge < -0.3 is 19.2 Å². The van der Waals surface area contributed by atoms with Crippen LogP contribution in [0.15, 0.2) is 41.2 Å². The van der Waals surface area contributed by atoms with Crippen LogP contribution in [0.1, 0.15) is 57.4 Å². The molecule has 0 spiro atoms. The SMILES string of the molecule is CCn1c(CN2Cc3ccccc3C2)ccc(OC(C2CCN(OC(=O)O)CC2)C(C)(C)C)c1=O. The van der Waals surface area contributed by atoms with Crippen LogP contribution in [-0.2, 0) is 31.0 Å². The van der Waals surface area contributed by atoms with Crippen molar-refractivity contribution in [3.8, 4) is 5.75 Å². The molecule has 2 aliphatic heterocycles. The Morgan fingerprint density at radius 1 is 1.09 bits per heavy atom. The average Bonchev–Trinajstić information content (AvgIpc) is 3.21. The van der Waals surface area contributed by atoms with Crippen molar-refractivity contribution < 1.29 is 19.5 Å². The molecular weight excluding hydrogens is 446 g/mol. The zero-order valence-corrected chi connectivity index (χ0v) is 21.2. The maximum atomic E-state index is 13.5. The molecule has 8 heteroatoms. The number of nitrogens with zero attached hydrogens (tertiary/aromatic N) is 3. The van der Waals surface area contributed by atoms with Crippen molar-refractivity contribution in [2.45, 2.75) is 72.8 Å². The lowest BCUT2D eigenvalue weighted by Gasteiger charge is -2.40. The van der Waals surface area contributed by atoms with Crippen LogP contribution in [-0.4, -0.2) is 45.0 Å². The Morgan fingerprint density at radius 3 is 2.26 bits per heavy atom. The van der Waals surface area contributed by atoms with Gasteiger partial charge in [0.15, 0.2) is 5.75 Å². The first-order chi connectivity index (χ1) is 16.7. The van der Waals surface area contributed by atoms with E-state index >= 15 is 0 Å². The van der Waals surface area contributed by atoms with Crippen molar-refractivity contribution in [3.63, 3.8) is 0 Å². The van der Waals surface area contributed by atoms with E-state index in [0.717, 1.165) is 31.6 Å². The number of hydroxylamine groups is 2. The molecule has 1 saturated heterocycles. The second-order valence-corrected chi connectivity index (χ2v) is 10.7. The molecule has 0 saturated carbocycles. The lowest BCUT2D eigenvalue weighted by molar-refractivity contribution is -0.144. The monoisotopic (exact) mass is 483 g/mol. The Labute approximate surface area is 207 Å². The van der Waals surface area contributed by atoms with Crippen LogP contribution in [0.2, 0.25) is 0 Å². The van der Waals surface area contributed by atoms with Crippen molar-refractivity contribution in [1.82, 2.24) is 14.5 Å². The Morgan fingerprint density at radius 2 is 1.71 bits per heavy atom.